The second-order valence-corrected chi connectivity index (χ2v) is 5.65. The van der Waals surface area contributed by atoms with Crippen molar-refractivity contribution in [2.75, 3.05) is 24.6 Å². The van der Waals surface area contributed by atoms with Gasteiger partial charge in [0.1, 0.15) is 0 Å². The second-order valence-electron chi connectivity index (χ2n) is 5.65. The molecule has 5 nitrogen and oxygen atoms in total. The van der Waals surface area contributed by atoms with E-state index >= 15 is 0 Å². The van der Waals surface area contributed by atoms with Crippen molar-refractivity contribution in [2.24, 2.45) is 5.73 Å². The molecule has 2 unspecified atom stereocenters. The fourth-order valence-electron chi connectivity index (χ4n) is 2.55. The van der Waals surface area contributed by atoms with Gasteiger partial charge < -0.3 is 19.9 Å². The van der Waals surface area contributed by atoms with Crippen LogP contribution in [0.3, 0.4) is 0 Å². The predicted octanol–water partition coefficient (Wildman–Crippen LogP) is 1.80. The van der Waals surface area contributed by atoms with Crippen molar-refractivity contribution in [3.63, 3.8) is 0 Å². The first kappa shape index (κ1) is 15.3. The molecule has 5 heteroatoms. The topological polar surface area (TPSA) is 56.3 Å². The molecule has 114 valence electrons. The van der Waals surface area contributed by atoms with Gasteiger partial charge in [-0.15, -0.1) is 0 Å². The summed E-state index contributed by atoms with van der Waals surface area (Å²) in [5.74, 6) is 1.09. The molecule has 2 rings (SSSR count). The Hall–Kier alpha value is -1.07. The maximum Gasteiger partial charge on any atom is 0.205 e. The quantitative estimate of drug-likeness (QED) is 0.863. The first-order valence-electron chi connectivity index (χ1n) is 7.83. The maximum atomic E-state index is 5.98. The summed E-state index contributed by atoms with van der Waals surface area (Å²) >= 11 is 0. The molecule has 0 radical (unpaired) electrons. The van der Waals surface area contributed by atoms with Gasteiger partial charge in [0, 0.05) is 31.9 Å². The minimum Gasteiger partial charge on any atom is -0.373 e. The van der Waals surface area contributed by atoms with Gasteiger partial charge in [0.05, 0.1) is 18.4 Å². The highest BCUT2D eigenvalue weighted by molar-refractivity contribution is 5.34. The van der Waals surface area contributed by atoms with Gasteiger partial charge in [-0.05, 0) is 19.8 Å². The molecule has 0 bridgehead atoms. The average molecular weight is 280 g/mol. The lowest BCUT2D eigenvalue weighted by Crippen LogP contribution is -2.50. The molecule has 1 saturated heterocycles. The highest BCUT2D eigenvalue weighted by Crippen LogP contribution is 2.20. The van der Waals surface area contributed by atoms with E-state index in [2.05, 4.69) is 29.5 Å². The molecule has 0 saturated carbocycles. The van der Waals surface area contributed by atoms with Crippen LogP contribution in [0.5, 0.6) is 0 Å². The lowest BCUT2D eigenvalue weighted by molar-refractivity contribution is 0.0268. The van der Waals surface area contributed by atoms with Gasteiger partial charge in [0.2, 0.25) is 5.95 Å². The maximum absolute atomic E-state index is 5.98. The van der Waals surface area contributed by atoms with Crippen LogP contribution < -0.4 is 10.6 Å². The molecule has 1 aromatic rings. The Kier molecular flexibility index (Phi) is 5.43. The normalized spacial score (nSPS) is 21.2. The third kappa shape index (κ3) is 3.52. The molecule has 1 fully saturated rings. The number of ether oxygens (including phenoxy) is 1. The number of nitrogens with two attached hydrogens (primary N) is 1. The molecule has 0 aliphatic carbocycles. The van der Waals surface area contributed by atoms with Crippen LogP contribution in [0.15, 0.2) is 6.20 Å². The monoisotopic (exact) mass is 280 g/mol. The van der Waals surface area contributed by atoms with Crippen molar-refractivity contribution in [3.8, 4) is 0 Å². The van der Waals surface area contributed by atoms with Crippen molar-refractivity contribution >= 4 is 5.95 Å². The van der Waals surface area contributed by atoms with E-state index in [1.54, 1.807) is 0 Å². The highest BCUT2D eigenvalue weighted by atomic mass is 16.5. The number of aryl methyl sites for hydroxylation is 2. The zero-order valence-corrected chi connectivity index (χ0v) is 13.0. The smallest absolute Gasteiger partial charge is 0.205 e. The highest BCUT2D eigenvalue weighted by Gasteiger charge is 2.26. The average Bonchev–Trinajstić information content (AvgIpc) is 2.88. The van der Waals surface area contributed by atoms with Gasteiger partial charge in [0.15, 0.2) is 0 Å². The van der Waals surface area contributed by atoms with Gasteiger partial charge in [-0.25, -0.2) is 4.98 Å². The number of imidazole rings is 1. The van der Waals surface area contributed by atoms with Crippen molar-refractivity contribution in [2.45, 2.75) is 58.7 Å². The number of hydrogen-bond acceptors (Lipinski definition) is 4. The Bertz CT molecular complexity index is 416. The van der Waals surface area contributed by atoms with E-state index < -0.39 is 0 Å². The molecule has 2 heterocycles. The van der Waals surface area contributed by atoms with Crippen LogP contribution in [0.2, 0.25) is 0 Å². The van der Waals surface area contributed by atoms with Crippen molar-refractivity contribution in [1.29, 1.82) is 0 Å². The number of rotatable bonds is 6. The minimum absolute atomic E-state index is 0.0579. The van der Waals surface area contributed by atoms with Gasteiger partial charge in [-0.2, -0.15) is 0 Å². The molecule has 1 aliphatic rings. The molecule has 1 aliphatic heterocycles. The van der Waals surface area contributed by atoms with Crippen LogP contribution in [0.1, 0.15) is 39.3 Å². The number of hydrogen-bond donors (Lipinski definition) is 1. The number of aromatic nitrogens is 2. The minimum atomic E-state index is 0.0579. The van der Waals surface area contributed by atoms with E-state index in [-0.39, 0.29) is 12.1 Å². The Labute approximate surface area is 122 Å². The number of nitrogens with zero attached hydrogens (tertiary/aromatic N) is 3. The third-order valence-electron chi connectivity index (χ3n) is 3.88. The SMILES string of the molecule is CCCCn1cc(CC)nc1N1CCOC(C(C)N)C1. The van der Waals surface area contributed by atoms with Crippen LogP contribution in [0.4, 0.5) is 5.95 Å². The molecular formula is C15H28N4O. The Morgan fingerprint density at radius 3 is 2.95 bits per heavy atom. The van der Waals surface area contributed by atoms with Crippen molar-refractivity contribution < 1.29 is 4.74 Å². The fourth-order valence-corrected chi connectivity index (χ4v) is 2.55. The molecule has 0 aromatic carbocycles. The second kappa shape index (κ2) is 7.09. The zero-order chi connectivity index (χ0) is 14.5. The lowest BCUT2D eigenvalue weighted by atomic mass is 10.1. The molecule has 2 atom stereocenters. The van der Waals surface area contributed by atoms with E-state index in [1.807, 2.05) is 6.92 Å². The summed E-state index contributed by atoms with van der Waals surface area (Å²) in [7, 11) is 0. The summed E-state index contributed by atoms with van der Waals surface area (Å²) < 4.78 is 8.04. The fraction of sp³-hybridized carbons (Fsp3) is 0.800. The summed E-state index contributed by atoms with van der Waals surface area (Å²) in [6, 6.07) is 0.0579. The van der Waals surface area contributed by atoms with E-state index in [4.69, 9.17) is 15.5 Å². The van der Waals surface area contributed by atoms with Gasteiger partial charge in [-0.1, -0.05) is 20.3 Å². The lowest BCUT2D eigenvalue weighted by Gasteiger charge is -2.35. The van der Waals surface area contributed by atoms with Crippen LogP contribution in [-0.2, 0) is 17.7 Å². The number of anilines is 1. The van der Waals surface area contributed by atoms with Gasteiger partial charge >= 0.3 is 0 Å². The van der Waals surface area contributed by atoms with Crippen LogP contribution in [0.25, 0.3) is 0 Å². The van der Waals surface area contributed by atoms with Crippen molar-refractivity contribution in [3.05, 3.63) is 11.9 Å². The first-order valence-corrected chi connectivity index (χ1v) is 7.83. The number of morpholine rings is 1. The standard InChI is InChI=1S/C15H28N4O/c1-4-6-7-18-10-13(5-2)17-15(18)19-8-9-20-14(11-19)12(3)16/h10,12,14H,4-9,11,16H2,1-3H3. The van der Waals surface area contributed by atoms with E-state index in [0.717, 1.165) is 38.6 Å². The van der Waals surface area contributed by atoms with E-state index in [1.165, 1.54) is 18.5 Å². The van der Waals surface area contributed by atoms with E-state index in [0.29, 0.717) is 0 Å². The van der Waals surface area contributed by atoms with Crippen LogP contribution in [0, 0.1) is 0 Å². The Morgan fingerprint density at radius 2 is 2.30 bits per heavy atom. The molecule has 20 heavy (non-hydrogen) atoms. The van der Waals surface area contributed by atoms with Crippen LogP contribution >= 0.6 is 0 Å². The van der Waals surface area contributed by atoms with Crippen molar-refractivity contribution in [1.82, 2.24) is 9.55 Å². The third-order valence-corrected chi connectivity index (χ3v) is 3.88. The molecule has 0 spiro atoms. The predicted molar refractivity (Wildman–Crippen MR) is 82.1 cm³/mol. The van der Waals surface area contributed by atoms with Crippen LogP contribution in [-0.4, -0.2) is 41.4 Å². The zero-order valence-electron chi connectivity index (χ0n) is 13.0. The van der Waals surface area contributed by atoms with Gasteiger partial charge in [0.25, 0.3) is 0 Å². The molecular weight excluding hydrogens is 252 g/mol. The molecule has 2 N–H and O–H groups in total. The van der Waals surface area contributed by atoms with E-state index in [9.17, 15) is 0 Å². The summed E-state index contributed by atoms with van der Waals surface area (Å²) in [5.41, 5.74) is 7.14. The number of unbranched alkanes of at least 4 members (excludes halogenated alkanes) is 1. The summed E-state index contributed by atoms with van der Waals surface area (Å²) in [6.07, 6.45) is 5.66. The van der Waals surface area contributed by atoms with Gasteiger partial charge in [-0.3, -0.25) is 0 Å². The Morgan fingerprint density at radius 1 is 1.50 bits per heavy atom. The summed E-state index contributed by atoms with van der Waals surface area (Å²) in [6.45, 7) is 9.89. The summed E-state index contributed by atoms with van der Waals surface area (Å²) in [4.78, 5) is 7.12. The summed E-state index contributed by atoms with van der Waals surface area (Å²) in [5, 5.41) is 0. The largest absolute Gasteiger partial charge is 0.373 e. The first-order chi connectivity index (χ1) is 9.65. The molecule has 0 amide bonds. The Balaban J connectivity index is 2.15. The molecule has 1 aromatic heterocycles.